The summed E-state index contributed by atoms with van der Waals surface area (Å²) < 4.78 is 5.19. The van der Waals surface area contributed by atoms with Crippen LogP contribution in [0, 0.1) is 5.92 Å². The maximum atomic E-state index is 13.1. The van der Waals surface area contributed by atoms with Crippen molar-refractivity contribution < 1.29 is 19.4 Å². The van der Waals surface area contributed by atoms with Gasteiger partial charge in [0, 0.05) is 17.0 Å². The fraction of sp³-hybridized carbons (Fsp3) is 0.636. The minimum absolute atomic E-state index is 0.0130. The van der Waals surface area contributed by atoms with E-state index in [0.717, 1.165) is 50.5 Å². The van der Waals surface area contributed by atoms with Gasteiger partial charge in [0.15, 0.2) is 0 Å². The van der Waals surface area contributed by atoms with Crippen molar-refractivity contribution in [3.05, 3.63) is 34.9 Å². The highest BCUT2D eigenvalue weighted by Gasteiger charge is 2.46. The molecule has 158 valence electrons. The predicted octanol–water partition coefficient (Wildman–Crippen LogP) is 2.31. The summed E-state index contributed by atoms with van der Waals surface area (Å²) in [4.78, 5) is 25.6. The molecule has 0 spiro atoms. The highest BCUT2D eigenvalue weighted by molar-refractivity contribution is 6.30. The number of amides is 2. The maximum absolute atomic E-state index is 13.1. The molecule has 0 radical (unpaired) electrons. The summed E-state index contributed by atoms with van der Waals surface area (Å²) in [5, 5.41) is 16.6. The summed E-state index contributed by atoms with van der Waals surface area (Å²) in [7, 11) is 0. The first kappa shape index (κ1) is 20.6. The van der Waals surface area contributed by atoms with E-state index in [1.54, 1.807) is 0 Å². The van der Waals surface area contributed by atoms with Crippen LogP contribution in [-0.2, 0) is 19.7 Å². The van der Waals surface area contributed by atoms with E-state index >= 15 is 0 Å². The van der Waals surface area contributed by atoms with E-state index < -0.39 is 11.5 Å². The second kappa shape index (κ2) is 8.62. The van der Waals surface area contributed by atoms with E-state index in [1.807, 2.05) is 24.3 Å². The van der Waals surface area contributed by atoms with Gasteiger partial charge in [0.1, 0.15) is 0 Å². The number of hydrogen-bond acceptors (Lipinski definition) is 4. The molecule has 2 saturated carbocycles. The van der Waals surface area contributed by atoms with Crippen LogP contribution in [0.4, 0.5) is 0 Å². The maximum Gasteiger partial charge on any atom is 0.230 e. The van der Waals surface area contributed by atoms with Gasteiger partial charge in [-0.25, -0.2) is 0 Å². The number of aliphatic hydroxyl groups excluding tert-OH is 1. The Morgan fingerprint density at radius 2 is 1.72 bits per heavy atom. The van der Waals surface area contributed by atoms with Crippen LogP contribution in [0.2, 0.25) is 5.02 Å². The molecule has 3 aliphatic rings. The van der Waals surface area contributed by atoms with Crippen molar-refractivity contribution in [1.82, 2.24) is 10.6 Å². The molecule has 0 unspecified atom stereocenters. The summed E-state index contributed by atoms with van der Waals surface area (Å²) in [5.74, 6) is 0.0241. The molecule has 1 saturated heterocycles. The zero-order chi connectivity index (χ0) is 20.4. The number of rotatable bonds is 5. The Morgan fingerprint density at radius 1 is 1.03 bits per heavy atom. The third kappa shape index (κ3) is 4.30. The van der Waals surface area contributed by atoms with E-state index in [9.17, 15) is 14.7 Å². The lowest BCUT2D eigenvalue weighted by Crippen LogP contribution is -2.53. The third-order valence-electron chi connectivity index (χ3n) is 6.85. The second-order valence-corrected chi connectivity index (χ2v) is 9.12. The van der Waals surface area contributed by atoms with E-state index in [2.05, 4.69) is 10.6 Å². The minimum atomic E-state index is -0.624. The molecular weight excluding hydrogens is 392 g/mol. The summed E-state index contributed by atoms with van der Waals surface area (Å²) >= 11 is 6.00. The van der Waals surface area contributed by atoms with E-state index in [4.69, 9.17) is 16.3 Å². The molecule has 7 heteroatoms. The molecule has 6 nitrogen and oxygen atoms in total. The normalized spacial score (nSPS) is 31.0. The fourth-order valence-electron chi connectivity index (χ4n) is 4.75. The van der Waals surface area contributed by atoms with E-state index in [0.29, 0.717) is 11.6 Å². The van der Waals surface area contributed by atoms with Crippen LogP contribution in [0.5, 0.6) is 0 Å². The van der Waals surface area contributed by atoms with Gasteiger partial charge in [-0.2, -0.15) is 0 Å². The zero-order valence-corrected chi connectivity index (χ0v) is 17.3. The number of hydrogen-bond donors (Lipinski definition) is 3. The van der Waals surface area contributed by atoms with Gasteiger partial charge in [-0.3, -0.25) is 9.59 Å². The van der Waals surface area contributed by atoms with Gasteiger partial charge < -0.3 is 20.5 Å². The first-order valence-electron chi connectivity index (χ1n) is 10.6. The van der Waals surface area contributed by atoms with Gasteiger partial charge in [-0.05, 0) is 56.2 Å². The summed E-state index contributed by atoms with van der Waals surface area (Å²) in [6.45, 7) is 0.643. The van der Waals surface area contributed by atoms with Crippen LogP contribution in [-0.4, -0.2) is 48.3 Å². The Bertz CT molecular complexity index is 742. The largest absolute Gasteiger partial charge is 0.388 e. The molecule has 2 amide bonds. The van der Waals surface area contributed by atoms with Gasteiger partial charge in [-0.1, -0.05) is 30.2 Å². The Morgan fingerprint density at radius 3 is 2.28 bits per heavy atom. The first-order chi connectivity index (χ1) is 14.0. The van der Waals surface area contributed by atoms with Crippen LogP contribution in [0.25, 0.3) is 0 Å². The summed E-state index contributed by atoms with van der Waals surface area (Å²) in [5.41, 5.74) is 0.605. The third-order valence-corrected chi connectivity index (χ3v) is 7.10. The molecule has 1 aromatic carbocycles. The van der Waals surface area contributed by atoms with E-state index in [-0.39, 0.29) is 36.4 Å². The van der Waals surface area contributed by atoms with Crippen LogP contribution in [0.15, 0.2) is 24.3 Å². The van der Waals surface area contributed by atoms with Crippen molar-refractivity contribution >= 4 is 23.4 Å². The monoisotopic (exact) mass is 420 g/mol. The molecule has 1 aliphatic heterocycles. The number of carbonyl (C=O) groups is 2. The fourth-order valence-corrected chi connectivity index (χ4v) is 4.88. The van der Waals surface area contributed by atoms with Crippen molar-refractivity contribution in [2.24, 2.45) is 5.92 Å². The smallest absolute Gasteiger partial charge is 0.230 e. The molecule has 3 N–H and O–H groups in total. The topological polar surface area (TPSA) is 87.7 Å². The molecule has 0 aromatic heterocycles. The average Bonchev–Trinajstić information content (AvgIpc) is 3.07. The Labute approximate surface area is 176 Å². The lowest BCUT2D eigenvalue weighted by Gasteiger charge is -2.42. The zero-order valence-electron chi connectivity index (χ0n) is 16.5. The Balaban J connectivity index is 1.29. The Hall–Kier alpha value is -1.63. The van der Waals surface area contributed by atoms with Crippen molar-refractivity contribution in [2.45, 2.75) is 68.5 Å². The summed E-state index contributed by atoms with van der Waals surface area (Å²) in [6, 6.07) is 7.42. The van der Waals surface area contributed by atoms with Crippen LogP contribution in [0.1, 0.15) is 50.5 Å². The number of ether oxygens (including phenoxy) is 1. The molecule has 0 bridgehead atoms. The molecule has 3 fully saturated rings. The van der Waals surface area contributed by atoms with Gasteiger partial charge in [0.25, 0.3) is 0 Å². The lowest BCUT2D eigenvalue weighted by atomic mass is 9.63. The van der Waals surface area contributed by atoms with Crippen LogP contribution < -0.4 is 10.6 Å². The quantitative estimate of drug-likeness (QED) is 0.682. The standard InChI is InChI=1S/C22H29ClN2O4/c23-16-6-4-15(5-7-16)22(10-1-11-22)21(28)24-17-8-2-14(3-9-17)20(27)25-18-12-29-13-19(18)26/h4-7,14,17-19,26H,1-3,8-13H2,(H,24,28)(H,25,27)/t14?,17?,18-,19-/m0/s1. The number of aliphatic hydroxyl groups is 1. The van der Waals surface area contributed by atoms with Crippen molar-refractivity contribution in [2.75, 3.05) is 13.2 Å². The summed E-state index contributed by atoms with van der Waals surface area (Å²) in [6.07, 6.45) is 5.24. The van der Waals surface area contributed by atoms with Gasteiger partial charge >= 0.3 is 0 Å². The van der Waals surface area contributed by atoms with Gasteiger partial charge in [-0.15, -0.1) is 0 Å². The molecule has 1 heterocycles. The number of benzene rings is 1. The van der Waals surface area contributed by atoms with Crippen LogP contribution in [0.3, 0.4) is 0 Å². The van der Waals surface area contributed by atoms with Crippen molar-refractivity contribution in [1.29, 1.82) is 0 Å². The molecule has 29 heavy (non-hydrogen) atoms. The molecular formula is C22H29ClN2O4. The first-order valence-corrected chi connectivity index (χ1v) is 11.0. The predicted molar refractivity (Wildman–Crippen MR) is 110 cm³/mol. The van der Waals surface area contributed by atoms with Crippen molar-refractivity contribution in [3.8, 4) is 0 Å². The molecule has 4 rings (SSSR count). The van der Waals surface area contributed by atoms with Gasteiger partial charge in [0.05, 0.1) is 30.8 Å². The van der Waals surface area contributed by atoms with E-state index in [1.165, 1.54) is 0 Å². The van der Waals surface area contributed by atoms with Gasteiger partial charge in [0.2, 0.25) is 11.8 Å². The molecule has 1 aromatic rings. The minimum Gasteiger partial charge on any atom is -0.388 e. The second-order valence-electron chi connectivity index (χ2n) is 8.68. The molecule has 2 aliphatic carbocycles. The highest BCUT2D eigenvalue weighted by Crippen LogP contribution is 2.44. The SMILES string of the molecule is O=C(N[C@H]1COC[C@@H]1O)C1CCC(NC(=O)C2(c3ccc(Cl)cc3)CCC2)CC1. The molecule has 2 atom stereocenters. The van der Waals surface area contributed by atoms with Crippen molar-refractivity contribution in [3.63, 3.8) is 0 Å². The average molecular weight is 421 g/mol. The highest BCUT2D eigenvalue weighted by atomic mass is 35.5. The Kier molecular flexibility index (Phi) is 6.13. The number of nitrogens with one attached hydrogen (secondary N) is 2. The lowest BCUT2D eigenvalue weighted by molar-refractivity contribution is -0.131. The number of carbonyl (C=O) groups excluding carboxylic acids is 2. The number of halogens is 1. The van der Waals surface area contributed by atoms with Crippen LogP contribution >= 0.6 is 11.6 Å².